The van der Waals surface area contributed by atoms with Crippen LogP contribution >= 0.6 is 7.92 Å². The Labute approximate surface area is 178 Å². The van der Waals surface area contributed by atoms with Crippen LogP contribution in [0.25, 0.3) is 0 Å². The quantitative estimate of drug-likeness (QED) is 0.401. The van der Waals surface area contributed by atoms with Crippen LogP contribution in [0.3, 0.4) is 0 Å². The molecule has 3 heterocycles. The molecule has 0 aromatic rings. The SMILES string of the molecule is C/C=C(/OC)P1C(C)C=C2N(CC1/C=C/OC)CN(CC)C21CCNCC1.C=N. The Kier molecular flexibility index (Phi) is 9.19. The number of fused-ring (bicyclic) bond motifs is 2. The van der Waals surface area contributed by atoms with E-state index in [9.17, 15) is 0 Å². The summed E-state index contributed by atoms with van der Waals surface area (Å²) in [4.78, 5) is 5.34. The lowest BCUT2D eigenvalue weighted by Crippen LogP contribution is -2.51. The molecule has 3 rings (SSSR count). The molecule has 2 N–H and O–H groups in total. The minimum atomic E-state index is -0.460. The van der Waals surface area contributed by atoms with Crippen molar-refractivity contribution >= 4 is 14.6 Å². The van der Waals surface area contributed by atoms with Crippen molar-refractivity contribution in [1.29, 1.82) is 5.41 Å². The lowest BCUT2D eigenvalue weighted by Gasteiger charge is -2.41. The number of methoxy groups -OCH3 is 2. The van der Waals surface area contributed by atoms with E-state index in [1.165, 1.54) is 12.8 Å². The minimum Gasteiger partial charge on any atom is -0.505 e. The van der Waals surface area contributed by atoms with Crippen molar-refractivity contribution in [3.8, 4) is 0 Å². The number of ether oxygens (including phenoxy) is 2. The third-order valence-corrected chi connectivity index (χ3v) is 9.35. The number of nitrogens with zero attached hydrogens (tertiary/aromatic N) is 2. The first-order valence-corrected chi connectivity index (χ1v) is 12.1. The summed E-state index contributed by atoms with van der Waals surface area (Å²) in [7, 11) is 3.08. The van der Waals surface area contributed by atoms with Crippen LogP contribution in [0.5, 0.6) is 0 Å². The predicted octanol–water partition coefficient (Wildman–Crippen LogP) is 3.77. The Hall–Kier alpha value is -1.36. The monoisotopic (exact) mass is 422 g/mol. The molecule has 164 valence electrons. The third-order valence-electron chi connectivity index (χ3n) is 6.33. The Bertz CT molecular complexity index is 616. The van der Waals surface area contributed by atoms with Gasteiger partial charge in [-0.15, -0.1) is 0 Å². The van der Waals surface area contributed by atoms with E-state index < -0.39 is 7.92 Å². The highest BCUT2D eigenvalue weighted by atomic mass is 31.1. The maximum absolute atomic E-state index is 5.82. The molecule has 3 atom stereocenters. The van der Waals surface area contributed by atoms with Gasteiger partial charge in [-0.05, 0) is 66.2 Å². The number of rotatable bonds is 5. The highest BCUT2D eigenvalue weighted by Crippen LogP contribution is 2.58. The van der Waals surface area contributed by atoms with Crippen LogP contribution in [0.15, 0.2) is 35.7 Å². The zero-order valence-electron chi connectivity index (χ0n) is 18.8. The molecule has 0 radical (unpaired) electrons. The van der Waals surface area contributed by atoms with Gasteiger partial charge in [0.1, 0.15) is 5.50 Å². The van der Waals surface area contributed by atoms with Crippen molar-refractivity contribution in [2.75, 3.05) is 47.1 Å². The molecule has 6 nitrogen and oxygen atoms in total. The van der Waals surface area contributed by atoms with Gasteiger partial charge in [0.25, 0.3) is 0 Å². The molecule has 0 aromatic carbocycles. The zero-order chi connectivity index (χ0) is 21.4. The van der Waals surface area contributed by atoms with E-state index in [1.807, 2.05) is 13.4 Å². The fourth-order valence-electron chi connectivity index (χ4n) is 5.09. The standard InChI is InChI=1S/C21H36N3O2P.CH3N/c1-6-20(26-5)27-17(3)14-19-21(9-11-22-12-10-21)24(7-2)16-23(19)15-18(27)8-13-25-4;1-2/h6,8,13-14,17-18,22H,7,9-12,15-16H2,1-5H3;2H,1H2/b13-8+,20-6-;. The summed E-state index contributed by atoms with van der Waals surface area (Å²) in [5.41, 5.74) is 3.81. The molecule has 3 unspecified atom stereocenters. The van der Waals surface area contributed by atoms with Crippen LogP contribution in [0.1, 0.15) is 33.6 Å². The van der Waals surface area contributed by atoms with Crippen LogP contribution in [0.4, 0.5) is 0 Å². The van der Waals surface area contributed by atoms with E-state index in [0.29, 0.717) is 11.3 Å². The van der Waals surface area contributed by atoms with E-state index >= 15 is 0 Å². The number of nitrogens with one attached hydrogen (secondary N) is 2. The maximum atomic E-state index is 5.82. The van der Waals surface area contributed by atoms with Crippen LogP contribution in [0.2, 0.25) is 0 Å². The van der Waals surface area contributed by atoms with Crippen LogP contribution < -0.4 is 5.32 Å². The number of hydrogen-bond donors (Lipinski definition) is 2. The van der Waals surface area contributed by atoms with E-state index in [0.717, 1.165) is 38.3 Å². The van der Waals surface area contributed by atoms with Gasteiger partial charge < -0.3 is 25.1 Å². The normalized spacial score (nSPS) is 29.7. The molecule has 0 aromatic heterocycles. The maximum Gasteiger partial charge on any atom is 0.114 e. The lowest BCUT2D eigenvalue weighted by molar-refractivity contribution is 0.125. The zero-order valence-corrected chi connectivity index (χ0v) is 19.7. The molecule has 0 bridgehead atoms. The van der Waals surface area contributed by atoms with Gasteiger partial charge in [-0.25, -0.2) is 0 Å². The summed E-state index contributed by atoms with van der Waals surface area (Å²) < 4.78 is 11.1. The second-order valence-corrected chi connectivity index (χ2v) is 10.4. The minimum absolute atomic E-state index is 0.207. The van der Waals surface area contributed by atoms with Crippen LogP contribution in [-0.2, 0) is 9.47 Å². The molecule has 3 aliphatic heterocycles. The van der Waals surface area contributed by atoms with Gasteiger partial charge in [-0.3, -0.25) is 4.90 Å². The van der Waals surface area contributed by atoms with E-state index in [-0.39, 0.29) is 5.54 Å². The molecule has 0 amide bonds. The van der Waals surface area contributed by atoms with Gasteiger partial charge in [0.2, 0.25) is 0 Å². The molecule has 7 heteroatoms. The van der Waals surface area contributed by atoms with Crippen molar-refractivity contribution < 1.29 is 9.47 Å². The first-order chi connectivity index (χ1) is 14.1. The van der Waals surface area contributed by atoms with E-state index in [4.69, 9.17) is 14.9 Å². The van der Waals surface area contributed by atoms with Crippen molar-refractivity contribution in [1.82, 2.24) is 15.1 Å². The summed E-state index contributed by atoms with van der Waals surface area (Å²) in [5, 5.41) is 9.06. The smallest absolute Gasteiger partial charge is 0.114 e. The van der Waals surface area contributed by atoms with Crippen LogP contribution in [-0.4, -0.2) is 80.4 Å². The summed E-state index contributed by atoms with van der Waals surface area (Å²) in [6.07, 6.45) is 11.2. The topological polar surface area (TPSA) is 60.8 Å². The summed E-state index contributed by atoms with van der Waals surface area (Å²) >= 11 is 0. The number of likely N-dealkylation sites (N-methyl/N-ethyl adjacent to an activating group) is 1. The second kappa shape index (κ2) is 11.1. The lowest BCUT2D eigenvalue weighted by atomic mass is 9.84. The van der Waals surface area contributed by atoms with Crippen molar-refractivity contribution in [2.45, 2.75) is 50.5 Å². The first kappa shape index (κ1) is 23.9. The second-order valence-electron chi connectivity index (χ2n) is 7.66. The molecule has 2 saturated heterocycles. The molecule has 29 heavy (non-hydrogen) atoms. The van der Waals surface area contributed by atoms with E-state index in [1.54, 1.807) is 12.8 Å². The average molecular weight is 423 g/mol. The molecular weight excluding hydrogens is 383 g/mol. The Morgan fingerprint density at radius 2 is 2.07 bits per heavy atom. The first-order valence-electron chi connectivity index (χ1n) is 10.6. The Morgan fingerprint density at radius 1 is 1.38 bits per heavy atom. The molecule has 2 fully saturated rings. The van der Waals surface area contributed by atoms with Gasteiger partial charge in [-0.2, -0.15) is 0 Å². The predicted molar refractivity (Wildman–Crippen MR) is 124 cm³/mol. The summed E-state index contributed by atoms with van der Waals surface area (Å²) in [5.74, 6) is 0. The van der Waals surface area contributed by atoms with Crippen molar-refractivity contribution in [2.24, 2.45) is 0 Å². The van der Waals surface area contributed by atoms with E-state index in [2.05, 4.69) is 60.8 Å². The number of allylic oxidation sites excluding steroid dienone is 2. The summed E-state index contributed by atoms with van der Waals surface area (Å²) in [6.45, 7) is 14.7. The molecule has 1 spiro atoms. The Morgan fingerprint density at radius 3 is 2.62 bits per heavy atom. The van der Waals surface area contributed by atoms with Crippen molar-refractivity contribution in [3.63, 3.8) is 0 Å². The van der Waals surface area contributed by atoms with Gasteiger partial charge in [0.15, 0.2) is 0 Å². The Balaban J connectivity index is 0.00000145. The summed E-state index contributed by atoms with van der Waals surface area (Å²) in [6, 6.07) is 0. The molecule has 3 aliphatic rings. The third kappa shape index (κ3) is 4.70. The van der Waals surface area contributed by atoms with Gasteiger partial charge in [0, 0.05) is 23.6 Å². The highest BCUT2D eigenvalue weighted by molar-refractivity contribution is 7.63. The van der Waals surface area contributed by atoms with Gasteiger partial charge >= 0.3 is 0 Å². The highest BCUT2D eigenvalue weighted by Gasteiger charge is 2.50. The van der Waals surface area contributed by atoms with Gasteiger partial charge in [0.05, 0.1) is 32.7 Å². The molecular formula is C22H39N4O2P. The average Bonchev–Trinajstić information content (AvgIpc) is 2.94. The van der Waals surface area contributed by atoms with Crippen molar-refractivity contribution in [3.05, 3.63) is 35.7 Å². The van der Waals surface area contributed by atoms with Gasteiger partial charge in [-0.1, -0.05) is 19.9 Å². The van der Waals surface area contributed by atoms with Crippen LogP contribution in [0, 0.1) is 5.41 Å². The fourth-order valence-corrected chi connectivity index (χ4v) is 7.86. The fraction of sp³-hybridized carbons (Fsp3) is 0.682. The number of hydrogen-bond acceptors (Lipinski definition) is 6. The largest absolute Gasteiger partial charge is 0.505 e. The molecule has 0 saturated carbocycles. The number of piperidine rings is 1. The molecule has 0 aliphatic carbocycles.